The number of furan rings is 1. The zero-order valence-electron chi connectivity index (χ0n) is 13.0. The van der Waals surface area contributed by atoms with E-state index in [1.807, 2.05) is 42.3 Å². The van der Waals surface area contributed by atoms with Crippen molar-refractivity contribution < 1.29 is 9.21 Å². The number of nitrogens with zero attached hydrogens (tertiary/aromatic N) is 2. The Labute approximate surface area is 138 Å². The van der Waals surface area contributed by atoms with E-state index in [1.54, 1.807) is 17.6 Å². The van der Waals surface area contributed by atoms with Crippen LogP contribution in [0.25, 0.3) is 10.2 Å². The molecule has 120 valence electrons. The number of amides is 1. The van der Waals surface area contributed by atoms with E-state index in [0.29, 0.717) is 19.6 Å². The first-order chi connectivity index (χ1) is 11.2. The summed E-state index contributed by atoms with van der Waals surface area (Å²) in [5, 5.41) is 3.99. The van der Waals surface area contributed by atoms with Gasteiger partial charge in [0.1, 0.15) is 5.76 Å². The lowest BCUT2D eigenvalue weighted by Gasteiger charge is -2.14. The molecule has 0 bridgehead atoms. The fourth-order valence-electron chi connectivity index (χ4n) is 2.36. The molecule has 0 atom stereocenters. The van der Waals surface area contributed by atoms with Gasteiger partial charge in [0.05, 0.1) is 34.6 Å². The van der Waals surface area contributed by atoms with E-state index in [-0.39, 0.29) is 5.91 Å². The number of carbonyl (C=O) groups is 1. The second kappa shape index (κ2) is 7.39. The van der Waals surface area contributed by atoms with Crippen molar-refractivity contribution in [3.8, 4) is 0 Å². The second-order valence-corrected chi connectivity index (χ2v) is 6.54. The number of benzene rings is 1. The van der Waals surface area contributed by atoms with Gasteiger partial charge < -0.3 is 9.73 Å². The second-order valence-electron chi connectivity index (χ2n) is 5.43. The molecule has 1 aromatic carbocycles. The third kappa shape index (κ3) is 4.40. The molecule has 0 fully saturated rings. The molecule has 2 aromatic heterocycles. The number of likely N-dealkylation sites (N-methyl/N-ethyl adjacent to an activating group) is 1. The van der Waals surface area contributed by atoms with Gasteiger partial charge in [-0.3, -0.25) is 9.69 Å². The van der Waals surface area contributed by atoms with Gasteiger partial charge in [-0.2, -0.15) is 0 Å². The number of hydrogen-bond acceptors (Lipinski definition) is 5. The van der Waals surface area contributed by atoms with Gasteiger partial charge in [-0.25, -0.2) is 4.98 Å². The zero-order chi connectivity index (χ0) is 16.1. The van der Waals surface area contributed by atoms with Crippen LogP contribution in [0.15, 0.2) is 47.1 Å². The monoisotopic (exact) mass is 329 g/mol. The number of hydrogen-bond donors (Lipinski definition) is 1. The average Bonchev–Trinajstić information content (AvgIpc) is 3.15. The minimum Gasteiger partial charge on any atom is -0.468 e. The van der Waals surface area contributed by atoms with Crippen LogP contribution in [0.3, 0.4) is 0 Å². The Kier molecular flexibility index (Phi) is 5.05. The minimum atomic E-state index is 0.0140. The van der Waals surface area contributed by atoms with Gasteiger partial charge >= 0.3 is 0 Å². The summed E-state index contributed by atoms with van der Waals surface area (Å²) < 4.78 is 6.46. The predicted molar refractivity (Wildman–Crippen MR) is 91.4 cm³/mol. The standard InChI is InChI=1S/C17H19N3O2S/c1-20(11-13-5-4-10-22-13)12-16(21)18-9-8-17-19-14-6-2-3-7-15(14)23-17/h2-7,10H,8-9,11-12H2,1H3,(H,18,21). The van der Waals surface area contributed by atoms with Crippen LogP contribution in [-0.2, 0) is 17.8 Å². The molecule has 3 rings (SSSR count). The van der Waals surface area contributed by atoms with Crippen molar-refractivity contribution in [3.63, 3.8) is 0 Å². The van der Waals surface area contributed by atoms with Crippen LogP contribution >= 0.6 is 11.3 Å². The summed E-state index contributed by atoms with van der Waals surface area (Å²) >= 11 is 1.68. The van der Waals surface area contributed by atoms with E-state index in [0.717, 1.165) is 22.7 Å². The molecule has 0 unspecified atom stereocenters. The third-order valence-electron chi connectivity index (χ3n) is 3.42. The summed E-state index contributed by atoms with van der Waals surface area (Å²) in [5.74, 6) is 0.870. The van der Waals surface area contributed by atoms with Gasteiger partial charge in [-0.05, 0) is 31.3 Å². The fraction of sp³-hybridized carbons (Fsp3) is 0.294. The Bertz CT molecular complexity index is 734. The Morgan fingerprint density at radius 2 is 2.17 bits per heavy atom. The molecule has 6 heteroatoms. The molecule has 0 saturated heterocycles. The Balaban J connectivity index is 1.42. The molecule has 0 spiro atoms. The van der Waals surface area contributed by atoms with E-state index >= 15 is 0 Å². The predicted octanol–water partition coefficient (Wildman–Crippen LogP) is 2.68. The van der Waals surface area contributed by atoms with E-state index in [4.69, 9.17) is 4.42 Å². The highest BCUT2D eigenvalue weighted by molar-refractivity contribution is 7.18. The third-order valence-corrected chi connectivity index (χ3v) is 4.51. The molecule has 1 amide bonds. The largest absolute Gasteiger partial charge is 0.468 e. The SMILES string of the molecule is CN(CC(=O)NCCc1nc2ccccc2s1)Cc1ccco1. The fourth-order valence-corrected chi connectivity index (χ4v) is 3.33. The number of para-hydroxylation sites is 1. The number of fused-ring (bicyclic) bond motifs is 1. The lowest BCUT2D eigenvalue weighted by molar-refractivity contribution is -0.122. The van der Waals surface area contributed by atoms with Gasteiger partial charge in [-0.1, -0.05) is 12.1 Å². The number of nitrogens with one attached hydrogen (secondary N) is 1. The summed E-state index contributed by atoms with van der Waals surface area (Å²) in [4.78, 5) is 18.4. The molecular weight excluding hydrogens is 310 g/mol. The van der Waals surface area contributed by atoms with Crippen LogP contribution in [0.2, 0.25) is 0 Å². The van der Waals surface area contributed by atoms with Gasteiger partial charge in [0.15, 0.2) is 0 Å². The van der Waals surface area contributed by atoms with Crippen molar-refractivity contribution >= 4 is 27.5 Å². The Morgan fingerprint density at radius 3 is 2.96 bits per heavy atom. The summed E-state index contributed by atoms with van der Waals surface area (Å²) in [6.45, 7) is 1.58. The van der Waals surface area contributed by atoms with Crippen LogP contribution in [0.1, 0.15) is 10.8 Å². The van der Waals surface area contributed by atoms with Gasteiger partial charge in [0, 0.05) is 13.0 Å². The van der Waals surface area contributed by atoms with Crippen LogP contribution in [-0.4, -0.2) is 35.9 Å². The summed E-state index contributed by atoms with van der Waals surface area (Å²) in [7, 11) is 1.90. The van der Waals surface area contributed by atoms with Crippen LogP contribution in [0.4, 0.5) is 0 Å². The minimum absolute atomic E-state index is 0.0140. The maximum absolute atomic E-state index is 11.9. The number of carbonyl (C=O) groups excluding carboxylic acids is 1. The summed E-state index contributed by atoms with van der Waals surface area (Å²) in [5.41, 5.74) is 1.03. The van der Waals surface area contributed by atoms with Crippen molar-refractivity contribution in [2.24, 2.45) is 0 Å². The normalized spacial score (nSPS) is 11.2. The van der Waals surface area contributed by atoms with Crippen LogP contribution < -0.4 is 5.32 Å². The summed E-state index contributed by atoms with van der Waals surface area (Å²) in [6, 6.07) is 11.8. The van der Waals surface area contributed by atoms with Crippen LogP contribution in [0, 0.1) is 0 Å². The molecule has 2 heterocycles. The molecule has 0 radical (unpaired) electrons. The van der Waals surface area contributed by atoms with E-state index in [2.05, 4.69) is 16.4 Å². The molecule has 0 aliphatic carbocycles. The van der Waals surface area contributed by atoms with Crippen molar-refractivity contribution in [1.29, 1.82) is 0 Å². The van der Waals surface area contributed by atoms with E-state index in [1.165, 1.54) is 4.70 Å². The number of rotatable bonds is 7. The lowest BCUT2D eigenvalue weighted by Crippen LogP contribution is -2.35. The molecule has 1 N–H and O–H groups in total. The van der Waals surface area contributed by atoms with E-state index < -0.39 is 0 Å². The topological polar surface area (TPSA) is 58.4 Å². The van der Waals surface area contributed by atoms with Gasteiger partial charge in [0.25, 0.3) is 0 Å². The van der Waals surface area contributed by atoms with Gasteiger partial charge in [0.2, 0.25) is 5.91 Å². The maximum Gasteiger partial charge on any atom is 0.234 e. The average molecular weight is 329 g/mol. The lowest BCUT2D eigenvalue weighted by atomic mass is 10.3. The van der Waals surface area contributed by atoms with Crippen molar-refractivity contribution in [2.75, 3.05) is 20.1 Å². The molecular formula is C17H19N3O2S. The number of aromatic nitrogens is 1. The summed E-state index contributed by atoms with van der Waals surface area (Å²) in [6.07, 6.45) is 2.40. The maximum atomic E-state index is 11.9. The smallest absolute Gasteiger partial charge is 0.234 e. The van der Waals surface area contributed by atoms with Crippen LogP contribution in [0.5, 0.6) is 0 Å². The first-order valence-electron chi connectivity index (χ1n) is 7.53. The quantitative estimate of drug-likeness (QED) is 0.724. The first-order valence-corrected chi connectivity index (χ1v) is 8.34. The first kappa shape index (κ1) is 15.7. The van der Waals surface area contributed by atoms with Crippen molar-refractivity contribution in [1.82, 2.24) is 15.2 Å². The molecule has 23 heavy (non-hydrogen) atoms. The zero-order valence-corrected chi connectivity index (χ0v) is 13.8. The molecule has 0 saturated carbocycles. The molecule has 5 nitrogen and oxygen atoms in total. The van der Waals surface area contributed by atoms with Gasteiger partial charge in [-0.15, -0.1) is 11.3 Å². The number of thiazole rings is 1. The van der Waals surface area contributed by atoms with E-state index in [9.17, 15) is 4.79 Å². The highest BCUT2D eigenvalue weighted by atomic mass is 32.1. The molecule has 0 aliphatic rings. The Hall–Kier alpha value is -2.18. The Morgan fingerprint density at radius 1 is 1.30 bits per heavy atom. The highest BCUT2D eigenvalue weighted by Gasteiger charge is 2.09. The molecule has 0 aliphatic heterocycles. The van der Waals surface area contributed by atoms with Crippen molar-refractivity contribution in [3.05, 3.63) is 53.4 Å². The molecule has 3 aromatic rings. The highest BCUT2D eigenvalue weighted by Crippen LogP contribution is 2.21. The van der Waals surface area contributed by atoms with Crippen molar-refractivity contribution in [2.45, 2.75) is 13.0 Å².